The number of aromatic nitrogens is 1. The smallest absolute Gasteiger partial charge is 0.338 e. The van der Waals surface area contributed by atoms with Gasteiger partial charge in [0.15, 0.2) is 11.0 Å². The van der Waals surface area contributed by atoms with Crippen molar-refractivity contribution in [3.8, 4) is 0 Å². The minimum atomic E-state index is -1.33. The predicted octanol–water partition coefficient (Wildman–Crippen LogP) is 4.01. The monoisotopic (exact) mass is 341 g/mol. The van der Waals surface area contributed by atoms with Gasteiger partial charge in [-0.2, -0.15) is 0 Å². The third kappa shape index (κ3) is 2.76. The maximum atomic E-state index is 13.0. The summed E-state index contributed by atoms with van der Waals surface area (Å²) in [5.74, 6) is -0.339. The molecule has 0 aliphatic heterocycles. The first-order valence-electron chi connectivity index (χ1n) is 7.80. The molecule has 0 aliphatic carbocycles. The number of nitrogens with zero attached hydrogens (tertiary/aromatic N) is 1. The number of carbonyl (C=O) groups excluding carboxylic acids is 1. The van der Waals surface area contributed by atoms with Gasteiger partial charge in [-0.3, -0.25) is 3.97 Å². The highest BCUT2D eigenvalue weighted by atomic mass is 32.2. The van der Waals surface area contributed by atoms with E-state index >= 15 is 0 Å². The van der Waals surface area contributed by atoms with Crippen LogP contribution in [-0.2, 0) is 15.7 Å². The highest BCUT2D eigenvalue weighted by Crippen LogP contribution is 2.28. The topological polar surface area (TPSA) is 48.3 Å². The summed E-state index contributed by atoms with van der Waals surface area (Å²) < 4.78 is 19.9. The number of benzene rings is 2. The molecule has 0 radical (unpaired) electrons. The average molecular weight is 341 g/mol. The maximum Gasteiger partial charge on any atom is 0.338 e. The Hall–Kier alpha value is -2.40. The number of rotatable bonds is 4. The summed E-state index contributed by atoms with van der Waals surface area (Å²) >= 11 is 0. The molecule has 0 fully saturated rings. The van der Waals surface area contributed by atoms with Crippen molar-refractivity contribution >= 4 is 27.9 Å². The molecule has 24 heavy (non-hydrogen) atoms. The Labute approximate surface area is 143 Å². The molecular formula is C19H19NO3S. The minimum absolute atomic E-state index is 0.339. The fraction of sp³-hybridized carbons (Fsp3) is 0.211. The molecule has 0 spiro atoms. The molecule has 2 aromatic carbocycles. The van der Waals surface area contributed by atoms with E-state index in [-0.39, 0.29) is 5.97 Å². The molecular weight excluding hydrogens is 322 g/mol. The van der Waals surface area contributed by atoms with E-state index in [2.05, 4.69) is 0 Å². The summed E-state index contributed by atoms with van der Waals surface area (Å²) in [6.07, 6.45) is 0. The summed E-state index contributed by atoms with van der Waals surface area (Å²) in [5, 5.41) is 0.919. The first-order valence-corrected chi connectivity index (χ1v) is 8.91. The first-order chi connectivity index (χ1) is 11.5. The molecule has 3 rings (SSSR count). The molecule has 124 valence electrons. The fourth-order valence-electron chi connectivity index (χ4n) is 2.74. The van der Waals surface area contributed by atoms with Crippen molar-refractivity contribution in [2.24, 2.45) is 0 Å². The number of aryl methyl sites for hydroxylation is 1. The van der Waals surface area contributed by atoms with E-state index in [9.17, 15) is 9.00 Å². The third-order valence-electron chi connectivity index (χ3n) is 4.09. The molecule has 0 saturated carbocycles. The molecule has 0 saturated heterocycles. The number of esters is 1. The molecule has 5 heteroatoms. The van der Waals surface area contributed by atoms with Crippen LogP contribution in [0.3, 0.4) is 0 Å². The van der Waals surface area contributed by atoms with Gasteiger partial charge < -0.3 is 4.74 Å². The summed E-state index contributed by atoms with van der Waals surface area (Å²) in [4.78, 5) is 12.7. The normalized spacial score (nSPS) is 12.3. The lowest BCUT2D eigenvalue weighted by atomic mass is 10.1. The van der Waals surface area contributed by atoms with Crippen LogP contribution in [0.4, 0.5) is 0 Å². The molecule has 1 heterocycles. The quantitative estimate of drug-likeness (QED) is 0.674. The fourth-order valence-corrected chi connectivity index (χ4v) is 4.06. The van der Waals surface area contributed by atoms with Crippen molar-refractivity contribution in [1.29, 1.82) is 0 Å². The average Bonchev–Trinajstić information content (AvgIpc) is 2.86. The van der Waals surface area contributed by atoms with Crippen molar-refractivity contribution in [2.45, 2.75) is 25.7 Å². The number of hydrogen-bond acceptors (Lipinski definition) is 3. The second kappa shape index (κ2) is 6.61. The minimum Gasteiger partial charge on any atom is -0.462 e. The zero-order valence-corrected chi connectivity index (χ0v) is 14.7. The van der Waals surface area contributed by atoms with E-state index in [0.717, 1.165) is 27.1 Å². The molecule has 1 unspecified atom stereocenters. The van der Waals surface area contributed by atoms with Crippen LogP contribution in [0.15, 0.2) is 53.4 Å². The van der Waals surface area contributed by atoms with Crippen molar-refractivity contribution < 1.29 is 13.7 Å². The highest BCUT2D eigenvalue weighted by molar-refractivity contribution is 7.83. The van der Waals surface area contributed by atoms with Crippen LogP contribution in [0.5, 0.6) is 0 Å². The zero-order chi connectivity index (χ0) is 17.3. The summed E-state index contributed by atoms with van der Waals surface area (Å²) in [7, 11) is -1.33. The molecule has 4 nitrogen and oxygen atoms in total. The number of carbonyl (C=O) groups is 1. The Balaban J connectivity index is 2.15. The summed E-state index contributed by atoms with van der Waals surface area (Å²) in [6.45, 7) is 6.05. The van der Waals surface area contributed by atoms with E-state index in [1.807, 2.05) is 60.3 Å². The van der Waals surface area contributed by atoms with Gasteiger partial charge in [0, 0.05) is 11.1 Å². The van der Waals surface area contributed by atoms with Gasteiger partial charge in [-0.25, -0.2) is 9.00 Å². The van der Waals surface area contributed by atoms with E-state index in [1.54, 1.807) is 13.0 Å². The van der Waals surface area contributed by atoms with Crippen LogP contribution in [0.2, 0.25) is 0 Å². The standard InChI is InChI=1S/C19H19NO3S/c1-4-23-19(21)15-10-11-18-17(12-15)13(2)14(3)20(18)24(22)16-8-6-5-7-9-16/h5-12H,4H2,1-3H3. The lowest BCUT2D eigenvalue weighted by Gasteiger charge is -2.08. The molecule has 0 bridgehead atoms. The summed E-state index contributed by atoms with van der Waals surface area (Å²) in [5.41, 5.74) is 3.30. The second-order valence-electron chi connectivity index (χ2n) is 5.52. The Morgan fingerprint density at radius 1 is 1.12 bits per heavy atom. The van der Waals surface area contributed by atoms with Crippen LogP contribution in [-0.4, -0.2) is 20.8 Å². The molecule has 0 amide bonds. The van der Waals surface area contributed by atoms with Gasteiger partial charge in [-0.1, -0.05) is 18.2 Å². The second-order valence-corrected chi connectivity index (χ2v) is 6.85. The van der Waals surface area contributed by atoms with Crippen molar-refractivity contribution in [1.82, 2.24) is 3.97 Å². The molecule has 1 atom stereocenters. The van der Waals surface area contributed by atoms with E-state index in [4.69, 9.17) is 4.74 Å². The Morgan fingerprint density at radius 3 is 2.50 bits per heavy atom. The van der Waals surface area contributed by atoms with E-state index in [0.29, 0.717) is 12.2 Å². The lowest BCUT2D eigenvalue weighted by Crippen LogP contribution is -2.07. The van der Waals surface area contributed by atoms with Crippen molar-refractivity contribution in [2.75, 3.05) is 6.61 Å². The van der Waals surface area contributed by atoms with Gasteiger partial charge in [-0.05, 0) is 56.7 Å². The van der Waals surface area contributed by atoms with Crippen molar-refractivity contribution in [3.05, 3.63) is 65.4 Å². The Bertz CT molecular complexity index is 929. The van der Waals surface area contributed by atoms with Gasteiger partial charge in [-0.15, -0.1) is 0 Å². The van der Waals surface area contributed by atoms with E-state index in [1.165, 1.54) is 0 Å². The summed E-state index contributed by atoms with van der Waals surface area (Å²) in [6, 6.07) is 14.7. The van der Waals surface area contributed by atoms with Gasteiger partial charge in [0.2, 0.25) is 0 Å². The molecule has 0 aliphatic rings. The van der Waals surface area contributed by atoms with Crippen LogP contribution in [0.1, 0.15) is 28.5 Å². The predicted molar refractivity (Wildman–Crippen MR) is 95.6 cm³/mol. The van der Waals surface area contributed by atoms with Crippen LogP contribution >= 0.6 is 0 Å². The maximum absolute atomic E-state index is 13.0. The zero-order valence-electron chi connectivity index (χ0n) is 13.9. The largest absolute Gasteiger partial charge is 0.462 e. The Kier molecular flexibility index (Phi) is 4.53. The SMILES string of the molecule is CCOC(=O)c1ccc2c(c1)c(C)c(C)n2S(=O)c1ccccc1. The third-order valence-corrected chi connectivity index (χ3v) is 5.57. The Morgan fingerprint density at radius 2 is 1.83 bits per heavy atom. The van der Waals surface area contributed by atoms with Crippen LogP contribution in [0, 0.1) is 13.8 Å². The van der Waals surface area contributed by atoms with Gasteiger partial charge in [0.05, 0.1) is 22.6 Å². The van der Waals surface area contributed by atoms with Gasteiger partial charge >= 0.3 is 5.97 Å². The number of fused-ring (bicyclic) bond motifs is 1. The number of hydrogen-bond donors (Lipinski definition) is 0. The van der Waals surface area contributed by atoms with Crippen LogP contribution in [0.25, 0.3) is 10.9 Å². The van der Waals surface area contributed by atoms with Gasteiger partial charge in [0.1, 0.15) is 0 Å². The van der Waals surface area contributed by atoms with Crippen molar-refractivity contribution in [3.63, 3.8) is 0 Å². The molecule has 1 aromatic heterocycles. The molecule has 0 N–H and O–H groups in total. The lowest BCUT2D eigenvalue weighted by molar-refractivity contribution is 0.0526. The first kappa shape index (κ1) is 16.5. The number of ether oxygens (including phenoxy) is 1. The van der Waals surface area contributed by atoms with Crippen LogP contribution < -0.4 is 0 Å². The van der Waals surface area contributed by atoms with Gasteiger partial charge in [0.25, 0.3) is 0 Å². The highest BCUT2D eigenvalue weighted by Gasteiger charge is 2.18. The van der Waals surface area contributed by atoms with E-state index < -0.39 is 11.0 Å². The molecule has 3 aromatic rings.